The predicted octanol–water partition coefficient (Wildman–Crippen LogP) is 6.07. The summed E-state index contributed by atoms with van der Waals surface area (Å²) in [6.07, 6.45) is -0.363. The number of carbonyl (C=O) groups excluding carboxylic acids is 4. The van der Waals surface area contributed by atoms with Gasteiger partial charge in [0.05, 0.1) is 0 Å². The Morgan fingerprint density at radius 1 is 0.667 bits per heavy atom. The number of benzene rings is 2. The van der Waals surface area contributed by atoms with Gasteiger partial charge in [0.2, 0.25) is 11.8 Å². The molecule has 9 nitrogen and oxygen atoms in total. The summed E-state index contributed by atoms with van der Waals surface area (Å²) in [6, 6.07) is 15.7. The zero-order valence-corrected chi connectivity index (χ0v) is 29.9. The summed E-state index contributed by atoms with van der Waals surface area (Å²) in [6.45, 7) is 21.2. The number of hydrogen-bond acceptors (Lipinski definition) is 6. The molecule has 0 radical (unpaired) electrons. The largest absolute Gasteiger partial charge is 0.517 e. The van der Waals surface area contributed by atoms with Crippen molar-refractivity contribution in [2.45, 2.75) is 122 Å². The molecule has 248 valence electrons. The first-order chi connectivity index (χ1) is 20.6. The van der Waals surface area contributed by atoms with Crippen LogP contribution in [0, 0.1) is 0 Å². The topological polar surface area (TPSA) is 123 Å². The van der Waals surface area contributed by atoms with E-state index < -0.39 is 55.9 Å². The minimum Gasteiger partial charge on any atom is -0.517 e. The minimum absolute atomic E-state index is 0.168. The number of rotatable bonds is 11. The molecule has 0 unspecified atom stereocenters. The molecule has 0 fully saturated rings. The Morgan fingerprint density at radius 2 is 1.09 bits per heavy atom. The quantitative estimate of drug-likeness (QED) is 0.257. The van der Waals surface area contributed by atoms with E-state index in [9.17, 15) is 19.2 Å². The number of ether oxygens (including phenoxy) is 1. The lowest BCUT2D eigenvalue weighted by atomic mass is 10.0. The zero-order valence-electron chi connectivity index (χ0n) is 28.9. The van der Waals surface area contributed by atoms with Crippen LogP contribution in [-0.4, -0.2) is 55.9 Å². The fraction of sp³-hybridized carbons (Fsp3) is 0.543. The van der Waals surface area contributed by atoms with Crippen LogP contribution in [0.1, 0.15) is 80.4 Å². The van der Waals surface area contributed by atoms with E-state index in [0.717, 1.165) is 11.1 Å². The molecule has 2 aromatic carbocycles. The molecule has 0 saturated carbocycles. The van der Waals surface area contributed by atoms with Crippen LogP contribution in [0.25, 0.3) is 0 Å². The normalized spacial score (nSPS) is 14.4. The van der Waals surface area contributed by atoms with Gasteiger partial charge in [-0.3, -0.25) is 14.4 Å². The average Bonchev–Trinajstić information content (AvgIpc) is 2.90. The van der Waals surface area contributed by atoms with Gasteiger partial charge in [-0.15, -0.1) is 0 Å². The molecule has 0 spiro atoms. The van der Waals surface area contributed by atoms with Crippen molar-refractivity contribution in [1.29, 1.82) is 0 Å². The Bertz CT molecular complexity index is 1280. The second-order valence-corrected chi connectivity index (χ2v) is 20.1. The highest BCUT2D eigenvalue weighted by Crippen LogP contribution is 2.51. The first-order valence-corrected chi connectivity index (χ1v) is 17.9. The van der Waals surface area contributed by atoms with Gasteiger partial charge in [0, 0.05) is 12.8 Å². The van der Waals surface area contributed by atoms with Crippen LogP contribution >= 0.6 is 0 Å². The van der Waals surface area contributed by atoms with Gasteiger partial charge in [0.25, 0.3) is 8.32 Å². The maximum atomic E-state index is 14.0. The molecule has 0 aliphatic carbocycles. The molecule has 0 aliphatic heterocycles. The van der Waals surface area contributed by atoms with Gasteiger partial charge in [-0.1, -0.05) is 102 Å². The van der Waals surface area contributed by atoms with Crippen LogP contribution in [0.5, 0.6) is 0 Å². The van der Waals surface area contributed by atoms with E-state index in [1.807, 2.05) is 60.7 Å². The fourth-order valence-corrected chi connectivity index (χ4v) is 8.33. The minimum atomic E-state index is -2.73. The van der Waals surface area contributed by atoms with Gasteiger partial charge in [-0.2, -0.15) is 0 Å². The summed E-state index contributed by atoms with van der Waals surface area (Å²) in [5.74, 6) is -1.61. The Kier molecular flexibility index (Phi) is 12.6. The molecule has 0 heterocycles. The molecular formula is C35H53N3O6Si. The molecule has 0 aliphatic rings. The molecule has 3 N–H and O–H groups in total. The van der Waals surface area contributed by atoms with Gasteiger partial charge in [-0.25, -0.2) is 4.79 Å². The molecule has 0 bridgehead atoms. The third kappa shape index (κ3) is 11.3. The van der Waals surface area contributed by atoms with Gasteiger partial charge >= 0.3 is 12.1 Å². The number of hydrogen-bond donors (Lipinski definition) is 3. The summed E-state index contributed by atoms with van der Waals surface area (Å²) in [5, 5.41) is 7.65. The Hall–Kier alpha value is -3.66. The van der Waals surface area contributed by atoms with E-state index in [0.29, 0.717) is 0 Å². The Labute approximate surface area is 270 Å². The third-order valence-corrected chi connectivity index (χ3v) is 14.4. The molecule has 2 rings (SSSR count). The van der Waals surface area contributed by atoms with Crippen LogP contribution in [0.15, 0.2) is 60.7 Å². The molecular weight excluding hydrogens is 586 g/mol. The summed E-state index contributed by atoms with van der Waals surface area (Å²) >= 11 is 0. The van der Waals surface area contributed by atoms with Crippen molar-refractivity contribution in [2.24, 2.45) is 0 Å². The zero-order chi connectivity index (χ0) is 34.2. The maximum Gasteiger partial charge on any atom is 0.408 e. The maximum absolute atomic E-state index is 14.0. The summed E-state index contributed by atoms with van der Waals surface area (Å²) in [7, 11) is -2.73. The lowest BCUT2D eigenvalue weighted by Gasteiger charge is -2.48. The van der Waals surface area contributed by atoms with E-state index in [4.69, 9.17) is 9.16 Å². The predicted molar refractivity (Wildman–Crippen MR) is 180 cm³/mol. The molecule has 0 aromatic heterocycles. The van der Waals surface area contributed by atoms with Gasteiger partial charge < -0.3 is 25.1 Å². The fourth-order valence-electron chi connectivity index (χ4n) is 4.92. The lowest BCUT2D eigenvalue weighted by molar-refractivity contribution is -0.141. The second kappa shape index (κ2) is 15.1. The highest BCUT2D eigenvalue weighted by Gasteiger charge is 2.54. The molecule has 0 saturated heterocycles. The van der Waals surface area contributed by atoms with Crippen molar-refractivity contribution < 1.29 is 28.3 Å². The van der Waals surface area contributed by atoms with E-state index in [1.54, 1.807) is 20.8 Å². The molecule has 3 amide bonds. The molecule has 45 heavy (non-hydrogen) atoms. The van der Waals surface area contributed by atoms with Crippen molar-refractivity contribution in [3.63, 3.8) is 0 Å². The number of amides is 3. The van der Waals surface area contributed by atoms with Crippen LogP contribution in [-0.2, 0) is 36.4 Å². The Morgan fingerprint density at radius 3 is 1.51 bits per heavy atom. The van der Waals surface area contributed by atoms with E-state index in [-0.39, 0.29) is 22.9 Å². The smallest absolute Gasteiger partial charge is 0.408 e. The van der Waals surface area contributed by atoms with Gasteiger partial charge in [-0.05, 0) is 55.4 Å². The van der Waals surface area contributed by atoms with Crippen LogP contribution in [0.4, 0.5) is 4.79 Å². The monoisotopic (exact) mass is 639 g/mol. The summed E-state index contributed by atoms with van der Waals surface area (Å²) in [4.78, 5) is 53.4. The van der Waals surface area contributed by atoms with Crippen LogP contribution in [0.3, 0.4) is 0 Å². The second-order valence-electron chi connectivity index (χ2n) is 14.8. The van der Waals surface area contributed by atoms with Crippen molar-refractivity contribution in [3.8, 4) is 0 Å². The number of nitrogens with one attached hydrogen (secondary N) is 3. The highest BCUT2D eigenvalue weighted by atomic mass is 28.4. The van der Waals surface area contributed by atoms with E-state index in [2.05, 4.69) is 64.0 Å². The average molecular weight is 640 g/mol. The summed E-state index contributed by atoms with van der Waals surface area (Å²) < 4.78 is 11.7. The van der Waals surface area contributed by atoms with Gasteiger partial charge in [0.15, 0.2) is 0 Å². The first kappa shape index (κ1) is 37.5. The number of alkyl carbamates (subject to hydrolysis) is 1. The van der Waals surface area contributed by atoms with Crippen LogP contribution < -0.4 is 16.0 Å². The van der Waals surface area contributed by atoms with Crippen molar-refractivity contribution in [3.05, 3.63) is 71.8 Å². The van der Waals surface area contributed by atoms with Crippen molar-refractivity contribution >= 4 is 32.2 Å². The molecule has 3 atom stereocenters. The first-order valence-electron chi connectivity index (χ1n) is 15.5. The molecule has 2 aromatic rings. The Balaban J connectivity index is 2.38. The van der Waals surface area contributed by atoms with Crippen molar-refractivity contribution in [1.82, 2.24) is 16.0 Å². The number of carbonyl (C=O) groups is 4. The van der Waals surface area contributed by atoms with E-state index in [1.165, 1.54) is 6.92 Å². The lowest BCUT2D eigenvalue weighted by Crippen LogP contribution is -2.59. The van der Waals surface area contributed by atoms with Gasteiger partial charge in [0.1, 0.15) is 23.7 Å². The standard InChI is InChI=1S/C35H53N3O6Si/c1-24(36-32(42)43-33(2,3)4)29(39)37-27(22-25-18-14-12-15-19-25)30(40)38-28(23-26-20-16-13-17-21-26)31(41)44-45(11,34(5,6)7)35(8,9)10/h12-21,24,27-28H,22-23H2,1-11H3,(H,36,42)(H,37,39)(H,38,40)/t24-,27-,28-/m0/s1. The summed E-state index contributed by atoms with van der Waals surface area (Å²) in [5.41, 5.74) is 0.930. The SMILES string of the molecule is C[C@H](NC(=O)OC(C)(C)C)C(=O)N[C@@H](Cc1ccccc1)C(=O)N[C@@H](Cc1ccccc1)C(=O)O[Si](C)(C(C)(C)C)C(C)(C)C. The van der Waals surface area contributed by atoms with Crippen LogP contribution in [0.2, 0.25) is 16.6 Å². The van der Waals surface area contributed by atoms with Crippen molar-refractivity contribution in [2.75, 3.05) is 0 Å². The highest BCUT2D eigenvalue weighted by molar-refractivity contribution is 6.79. The van der Waals surface area contributed by atoms with E-state index >= 15 is 0 Å². The third-order valence-electron chi connectivity index (χ3n) is 8.09. The molecule has 10 heteroatoms.